The second kappa shape index (κ2) is 3.74. The van der Waals surface area contributed by atoms with E-state index >= 15 is 0 Å². The van der Waals surface area contributed by atoms with E-state index in [-0.39, 0.29) is 12.0 Å². The topological polar surface area (TPSA) is 59.4 Å². The molecular formula is C9H15NO2. The van der Waals surface area contributed by atoms with Crippen LogP contribution in [0.5, 0.6) is 0 Å². The zero-order valence-corrected chi connectivity index (χ0v) is 7.29. The summed E-state index contributed by atoms with van der Waals surface area (Å²) in [7, 11) is 0. The molecule has 1 atom stereocenters. The van der Waals surface area contributed by atoms with Crippen LogP contribution in [-0.2, 0) is 6.42 Å². The van der Waals surface area contributed by atoms with E-state index < -0.39 is 0 Å². The molecule has 0 amide bonds. The van der Waals surface area contributed by atoms with Gasteiger partial charge in [-0.1, -0.05) is 6.92 Å². The molecule has 0 aliphatic carbocycles. The van der Waals surface area contributed by atoms with Crippen LogP contribution in [0.3, 0.4) is 0 Å². The summed E-state index contributed by atoms with van der Waals surface area (Å²) in [6.45, 7) is 2.49. The summed E-state index contributed by atoms with van der Waals surface area (Å²) in [5, 5.41) is 9.06. The predicted octanol–water partition coefficient (Wildman–Crippen LogP) is 0.779. The van der Waals surface area contributed by atoms with Gasteiger partial charge in [-0.05, 0) is 12.1 Å². The van der Waals surface area contributed by atoms with E-state index in [4.69, 9.17) is 15.3 Å². The van der Waals surface area contributed by atoms with Gasteiger partial charge < -0.3 is 15.3 Å². The SMILES string of the molecule is CC(CN)(CO)Cc1ccco1. The van der Waals surface area contributed by atoms with Gasteiger partial charge in [0, 0.05) is 18.4 Å². The normalized spacial score (nSPS) is 15.9. The minimum absolute atomic E-state index is 0.0875. The molecule has 3 heteroatoms. The fraction of sp³-hybridized carbons (Fsp3) is 0.556. The Hall–Kier alpha value is -0.800. The maximum atomic E-state index is 9.06. The maximum absolute atomic E-state index is 9.06. The molecule has 1 heterocycles. The number of aliphatic hydroxyl groups excluding tert-OH is 1. The molecule has 0 saturated heterocycles. The Kier molecular flexibility index (Phi) is 2.89. The molecule has 0 fully saturated rings. The molecule has 1 aromatic heterocycles. The van der Waals surface area contributed by atoms with Crippen molar-refractivity contribution >= 4 is 0 Å². The number of hydrogen-bond acceptors (Lipinski definition) is 3. The molecule has 0 aliphatic heterocycles. The lowest BCUT2D eigenvalue weighted by molar-refractivity contribution is 0.143. The third-order valence-electron chi connectivity index (χ3n) is 2.06. The molecule has 12 heavy (non-hydrogen) atoms. The minimum atomic E-state index is -0.252. The molecular weight excluding hydrogens is 154 g/mol. The molecule has 0 aromatic carbocycles. The molecule has 3 nitrogen and oxygen atoms in total. The van der Waals surface area contributed by atoms with Crippen molar-refractivity contribution in [3.05, 3.63) is 24.2 Å². The van der Waals surface area contributed by atoms with Crippen LogP contribution in [0.1, 0.15) is 12.7 Å². The maximum Gasteiger partial charge on any atom is 0.104 e. The van der Waals surface area contributed by atoms with Gasteiger partial charge >= 0.3 is 0 Å². The van der Waals surface area contributed by atoms with Gasteiger partial charge in [0.2, 0.25) is 0 Å². The van der Waals surface area contributed by atoms with Crippen molar-refractivity contribution in [2.45, 2.75) is 13.3 Å². The van der Waals surface area contributed by atoms with Crippen molar-refractivity contribution in [3.63, 3.8) is 0 Å². The quantitative estimate of drug-likeness (QED) is 0.700. The molecule has 0 saturated carbocycles. The molecule has 3 N–H and O–H groups in total. The van der Waals surface area contributed by atoms with Crippen molar-refractivity contribution < 1.29 is 9.52 Å². The highest BCUT2D eigenvalue weighted by molar-refractivity contribution is 5.01. The summed E-state index contributed by atoms with van der Waals surface area (Å²) in [5.74, 6) is 0.872. The van der Waals surface area contributed by atoms with Gasteiger partial charge in [0.1, 0.15) is 5.76 Å². The Morgan fingerprint density at radius 2 is 2.42 bits per heavy atom. The van der Waals surface area contributed by atoms with Crippen LogP contribution in [0.2, 0.25) is 0 Å². The summed E-state index contributed by atoms with van der Waals surface area (Å²) in [6.07, 6.45) is 2.32. The third kappa shape index (κ3) is 2.09. The largest absolute Gasteiger partial charge is 0.469 e. The minimum Gasteiger partial charge on any atom is -0.469 e. The number of furan rings is 1. The first-order valence-corrected chi connectivity index (χ1v) is 4.03. The zero-order chi connectivity index (χ0) is 9.03. The van der Waals surface area contributed by atoms with Crippen LogP contribution < -0.4 is 5.73 Å². The first-order valence-electron chi connectivity index (χ1n) is 4.03. The molecule has 1 rings (SSSR count). The lowest BCUT2D eigenvalue weighted by Crippen LogP contribution is -2.33. The van der Waals surface area contributed by atoms with Crippen molar-refractivity contribution in [2.75, 3.05) is 13.2 Å². The van der Waals surface area contributed by atoms with Crippen molar-refractivity contribution in [1.29, 1.82) is 0 Å². The van der Waals surface area contributed by atoms with Gasteiger partial charge in [-0.25, -0.2) is 0 Å². The second-order valence-electron chi connectivity index (χ2n) is 3.43. The van der Waals surface area contributed by atoms with E-state index in [1.807, 2.05) is 19.1 Å². The van der Waals surface area contributed by atoms with Crippen molar-refractivity contribution in [2.24, 2.45) is 11.1 Å². The second-order valence-corrected chi connectivity index (χ2v) is 3.43. The van der Waals surface area contributed by atoms with Crippen LogP contribution in [0.25, 0.3) is 0 Å². The Bertz CT molecular complexity index is 214. The third-order valence-corrected chi connectivity index (χ3v) is 2.06. The lowest BCUT2D eigenvalue weighted by Gasteiger charge is -2.23. The van der Waals surface area contributed by atoms with Gasteiger partial charge in [-0.15, -0.1) is 0 Å². The first-order chi connectivity index (χ1) is 5.70. The van der Waals surface area contributed by atoms with Gasteiger partial charge in [0.15, 0.2) is 0 Å². The van der Waals surface area contributed by atoms with Crippen LogP contribution >= 0.6 is 0 Å². The lowest BCUT2D eigenvalue weighted by atomic mass is 9.87. The first kappa shape index (κ1) is 9.29. The predicted molar refractivity (Wildman–Crippen MR) is 46.7 cm³/mol. The van der Waals surface area contributed by atoms with Crippen LogP contribution in [0, 0.1) is 5.41 Å². The summed E-state index contributed by atoms with van der Waals surface area (Å²) in [5.41, 5.74) is 5.28. The number of aliphatic hydroxyl groups is 1. The highest BCUT2D eigenvalue weighted by Crippen LogP contribution is 2.20. The van der Waals surface area contributed by atoms with Crippen LogP contribution in [0.15, 0.2) is 22.8 Å². The highest BCUT2D eigenvalue weighted by Gasteiger charge is 2.22. The number of hydrogen-bond donors (Lipinski definition) is 2. The van der Waals surface area contributed by atoms with Gasteiger partial charge in [0.05, 0.1) is 12.9 Å². The van der Waals surface area contributed by atoms with E-state index in [1.54, 1.807) is 6.26 Å². The molecule has 0 radical (unpaired) electrons. The average molecular weight is 169 g/mol. The smallest absolute Gasteiger partial charge is 0.104 e. The monoisotopic (exact) mass is 169 g/mol. The molecule has 1 aromatic rings. The summed E-state index contributed by atoms with van der Waals surface area (Å²) in [6, 6.07) is 3.73. The van der Waals surface area contributed by atoms with E-state index in [9.17, 15) is 0 Å². The Morgan fingerprint density at radius 3 is 2.83 bits per heavy atom. The Balaban J connectivity index is 2.60. The van der Waals surface area contributed by atoms with E-state index in [2.05, 4.69) is 0 Å². The summed E-state index contributed by atoms with van der Waals surface area (Å²) in [4.78, 5) is 0. The average Bonchev–Trinajstić information content (AvgIpc) is 2.57. The fourth-order valence-corrected chi connectivity index (χ4v) is 1.03. The van der Waals surface area contributed by atoms with Crippen LogP contribution in [0.4, 0.5) is 0 Å². The molecule has 0 aliphatic rings. The fourth-order valence-electron chi connectivity index (χ4n) is 1.03. The standard InChI is InChI=1S/C9H15NO2/c1-9(6-10,7-11)5-8-3-2-4-12-8/h2-4,11H,5-7,10H2,1H3. The zero-order valence-electron chi connectivity index (χ0n) is 7.29. The van der Waals surface area contributed by atoms with E-state index in [1.165, 1.54) is 0 Å². The van der Waals surface area contributed by atoms with Gasteiger partial charge in [-0.3, -0.25) is 0 Å². The summed E-state index contributed by atoms with van der Waals surface area (Å²) >= 11 is 0. The number of nitrogens with two attached hydrogens (primary N) is 1. The Morgan fingerprint density at radius 1 is 1.67 bits per heavy atom. The molecule has 0 bridgehead atoms. The molecule has 1 unspecified atom stereocenters. The Labute approximate surface area is 72.2 Å². The van der Waals surface area contributed by atoms with E-state index in [0.717, 1.165) is 5.76 Å². The van der Waals surface area contributed by atoms with Crippen molar-refractivity contribution in [1.82, 2.24) is 0 Å². The highest BCUT2D eigenvalue weighted by atomic mass is 16.3. The molecule has 0 spiro atoms. The summed E-state index contributed by atoms with van der Waals surface area (Å²) < 4.78 is 5.17. The van der Waals surface area contributed by atoms with E-state index in [0.29, 0.717) is 13.0 Å². The van der Waals surface area contributed by atoms with Crippen LogP contribution in [-0.4, -0.2) is 18.3 Å². The molecule has 68 valence electrons. The van der Waals surface area contributed by atoms with Gasteiger partial charge in [0.25, 0.3) is 0 Å². The van der Waals surface area contributed by atoms with Crippen molar-refractivity contribution in [3.8, 4) is 0 Å². The number of rotatable bonds is 4. The van der Waals surface area contributed by atoms with Gasteiger partial charge in [-0.2, -0.15) is 0 Å².